The molecule has 8 nitrogen and oxygen atoms in total. The quantitative estimate of drug-likeness (QED) is 0.0309. The molecule has 0 fully saturated rings. The van der Waals surface area contributed by atoms with E-state index in [1.165, 1.54) is 70.6 Å². The van der Waals surface area contributed by atoms with Gasteiger partial charge in [-0.25, -0.2) is 4.57 Å². The van der Waals surface area contributed by atoms with Gasteiger partial charge < -0.3 is 19.3 Å². The molecule has 0 aromatic heterocycles. The molecular formula is C36H67O8P. The molecular weight excluding hydrogens is 591 g/mol. The summed E-state index contributed by atoms with van der Waals surface area (Å²) < 4.78 is 26.2. The Morgan fingerprint density at radius 2 is 0.933 bits per heavy atom. The van der Waals surface area contributed by atoms with Crippen LogP contribution in [0.15, 0.2) is 24.3 Å². The number of phosphoric acid groups is 1. The van der Waals surface area contributed by atoms with Gasteiger partial charge in [-0.05, 0) is 64.2 Å². The summed E-state index contributed by atoms with van der Waals surface area (Å²) in [6.45, 7) is 3.62. The number of allylic oxidation sites excluding steroid dienone is 4. The number of carbonyl (C=O) groups excluding carboxylic acids is 2. The zero-order chi connectivity index (χ0) is 33.3. The topological polar surface area (TPSA) is 119 Å². The molecule has 0 rings (SSSR count). The maximum absolute atomic E-state index is 12.3. The van der Waals surface area contributed by atoms with Crippen LogP contribution in [0.5, 0.6) is 0 Å². The van der Waals surface area contributed by atoms with Gasteiger partial charge in [-0.15, -0.1) is 0 Å². The Morgan fingerprint density at radius 1 is 0.556 bits per heavy atom. The molecule has 0 spiro atoms. The van der Waals surface area contributed by atoms with Crippen LogP contribution < -0.4 is 0 Å². The van der Waals surface area contributed by atoms with Crippen LogP contribution >= 0.6 is 7.82 Å². The fraction of sp³-hybridized carbons (Fsp3) is 0.833. The second-order valence-electron chi connectivity index (χ2n) is 12.2. The number of phosphoric ester groups is 1. The van der Waals surface area contributed by atoms with Crippen LogP contribution in [0.4, 0.5) is 0 Å². The molecule has 0 aromatic carbocycles. The Bertz CT molecular complexity index is 792. The molecule has 0 unspecified atom stereocenters. The molecule has 0 amide bonds. The average molecular weight is 659 g/mol. The largest absolute Gasteiger partial charge is 0.469 e. The first-order chi connectivity index (χ1) is 21.8. The lowest BCUT2D eigenvalue weighted by Crippen LogP contribution is -2.29. The molecule has 1 atom stereocenters. The van der Waals surface area contributed by atoms with E-state index in [1.807, 2.05) is 0 Å². The van der Waals surface area contributed by atoms with Crippen molar-refractivity contribution in [2.75, 3.05) is 13.2 Å². The van der Waals surface area contributed by atoms with Crippen molar-refractivity contribution < 1.29 is 37.9 Å². The lowest BCUT2D eigenvalue weighted by molar-refractivity contribution is -0.161. The maximum atomic E-state index is 12.3. The highest BCUT2D eigenvalue weighted by molar-refractivity contribution is 7.46. The van der Waals surface area contributed by atoms with Gasteiger partial charge in [0.2, 0.25) is 0 Å². The summed E-state index contributed by atoms with van der Waals surface area (Å²) in [7, 11) is -4.75. The second-order valence-corrected chi connectivity index (χ2v) is 13.4. The number of carbonyl (C=O) groups is 2. The molecule has 264 valence electrons. The van der Waals surface area contributed by atoms with Crippen LogP contribution in [0.1, 0.15) is 174 Å². The Hall–Kier alpha value is -1.47. The molecule has 0 heterocycles. The predicted molar refractivity (Wildman–Crippen MR) is 184 cm³/mol. The van der Waals surface area contributed by atoms with E-state index in [4.69, 9.17) is 19.3 Å². The molecule has 0 aliphatic rings. The molecule has 0 aromatic rings. The van der Waals surface area contributed by atoms with E-state index in [2.05, 4.69) is 42.7 Å². The summed E-state index contributed by atoms with van der Waals surface area (Å²) in [6.07, 6.45) is 34.7. The molecule has 2 N–H and O–H groups in total. The van der Waals surface area contributed by atoms with E-state index in [0.717, 1.165) is 64.2 Å². The van der Waals surface area contributed by atoms with E-state index in [9.17, 15) is 14.2 Å². The van der Waals surface area contributed by atoms with Crippen molar-refractivity contribution >= 4 is 19.8 Å². The van der Waals surface area contributed by atoms with Gasteiger partial charge >= 0.3 is 19.8 Å². The van der Waals surface area contributed by atoms with Gasteiger partial charge in [-0.1, -0.05) is 122 Å². The molecule has 0 radical (unpaired) electrons. The minimum Gasteiger partial charge on any atom is -0.462 e. The summed E-state index contributed by atoms with van der Waals surface area (Å²) in [5.41, 5.74) is 0. The van der Waals surface area contributed by atoms with Crippen molar-refractivity contribution in [2.24, 2.45) is 0 Å². The van der Waals surface area contributed by atoms with Crippen molar-refractivity contribution in [1.82, 2.24) is 0 Å². The van der Waals surface area contributed by atoms with Gasteiger partial charge in [0.25, 0.3) is 0 Å². The molecule has 0 aliphatic carbocycles. The van der Waals surface area contributed by atoms with E-state index in [0.29, 0.717) is 12.8 Å². The third kappa shape index (κ3) is 35.2. The normalized spacial score (nSPS) is 12.7. The van der Waals surface area contributed by atoms with Crippen molar-refractivity contribution in [2.45, 2.75) is 180 Å². The van der Waals surface area contributed by atoms with Gasteiger partial charge in [-0.3, -0.25) is 14.1 Å². The third-order valence-electron chi connectivity index (χ3n) is 7.69. The van der Waals surface area contributed by atoms with Gasteiger partial charge in [0.05, 0.1) is 6.61 Å². The number of hydrogen-bond acceptors (Lipinski definition) is 6. The molecule has 0 aliphatic heterocycles. The third-order valence-corrected chi connectivity index (χ3v) is 8.18. The van der Waals surface area contributed by atoms with Crippen LogP contribution in [0.3, 0.4) is 0 Å². The number of esters is 2. The summed E-state index contributed by atoms with van der Waals surface area (Å²) in [5, 5.41) is 0. The van der Waals surface area contributed by atoms with Crippen molar-refractivity contribution in [3.63, 3.8) is 0 Å². The summed E-state index contributed by atoms with van der Waals surface area (Å²) in [6, 6.07) is 0. The lowest BCUT2D eigenvalue weighted by atomic mass is 10.1. The Labute approximate surface area is 275 Å². The molecule has 0 saturated carbocycles. The Morgan fingerprint density at radius 3 is 1.42 bits per heavy atom. The highest BCUT2D eigenvalue weighted by Gasteiger charge is 2.22. The first-order valence-corrected chi connectivity index (χ1v) is 19.7. The van der Waals surface area contributed by atoms with Crippen LogP contribution in [0.2, 0.25) is 0 Å². The number of unbranched alkanes of at least 4 members (excludes halogenated alkanes) is 19. The van der Waals surface area contributed by atoms with Crippen molar-refractivity contribution in [3.05, 3.63) is 24.3 Å². The van der Waals surface area contributed by atoms with Gasteiger partial charge in [-0.2, -0.15) is 0 Å². The monoisotopic (exact) mass is 658 g/mol. The minimum atomic E-state index is -4.75. The number of ether oxygens (including phenoxy) is 2. The first kappa shape index (κ1) is 43.5. The van der Waals surface area contributed by atoms with Gasteiger partial charge in [0.1, 0.15) is 6.61 Å². The van der Waals surface area contributed by atoms with Crippen LogP contribution in [-0.4, -0.2) is 41.0 Å². The molecule has 45 heavy (non-hydrogen) atoms. The maximum Gasteiger partial charge on any atom is 0.469 e. The number of rotatable bonds is 33. The summed E-state index contributed by atoms with van der Waals surface area (Å²) in [5.74, 6) is -0.913. The number of hydrogen-bond donors (Lipinski definition) is 2. The van der Waals surface area contributed by atoms with E-state index in [-0.39, 0.29) is 19.4 Å². The molecule has 9 heteroatoms. The summed E-state index contributed by atoms with van der Waals surface area (Å²) in [4.78, 5) is 42.6. The van der Waals surface area contributed by atoms with Crippen molar-refractivity contribution in [1.29, 1.82) is 0 Å². The van der Waals surface area contributed by atoms with Crippen LogP contribution in [0, 0.1) is 0 Å². The smallest absolute Gasteiger partial charge is 0.462 e. The molecule has 0 bridgehead atoms. The minimum absolute atomic E-state index is 0.200. The van der Waals surface area contributed by atoms with Crippen LogP contribution in [-0.2, 0) is 28.2 Å². The second kappa shape index (κ2) is 32.5. The van der Waals surface area contributed by atoms with E-state index >= 15 is 0 Å². The highest BCUT2D eigenvalue weighted by Crippen LogP contribution is 2.36. The SMILES string of the molecule is CCCCC/C=C/CCCCCCCC(=O)O[C@H](COC(=O)CCCCC/C=C/CCCCCCCCCC)COP(=O)(O)O. The molecule has 0 saturated heterocycles. The van der Waals surface area contributed by atoms with E-state index in [1.54, 1.807) is 0 Å². The van der Waals surface area contributed by atoms with Crippen LogP contribution in [0.25, 0.3) is 0 Å². The zero-order valence-corrected chi connectivity index (χ0v) is 29.7. The fourth-order valence-electron chi connectivity index (χ4n) is 4.95. The van der Waals surface area contributed by atoms with Crippen molar-refractivity contribution in [3.8, 4) is 0 Å². The van der Waals surface area contributed by atoms with Gasteiger partial charge in [0, 0.05) is 12.8 Å². The predicted octanol–water partition coefficient (Wildman–Crippen LogP) is 10.5. The standard InChI is InChI=1S/C36H67O8P/c1-3-5-7-9-11-13-15-17-18-19-21-22-24-26-28-30-35(37)42-32-34(33-43-45(39,40)41)44-36(38)31-29-27-25-23-20-16-14-12-10-8-6-4-2/h12,14,19,21,34H,3-11,13,15-18,20,22-33H2,1-2H3,(H2,39,40,41)/b14-12+,21-19+/t34-/m1/s1. The Balaban J connectivity index is 4.01. The average Bonchev–Trinajstić information content (AvgIpc) is 3.00. The van der Waals surface area contributed by atoms with Gasteiger partial charge in [0.15, 0.2) is 6.10 Å². The first-order valence-electron chi connectivity index (χ1n) is 18.1. The van der Waals surface area contributed by atoms with E-state index < -0.39 is 32.5 Å². The summed E-state index contributed by atoms with van der Waals surface area (Å²) >= 11 is 0. The Kier molecular flexibility index (Phi) is 31.4. The lowest BCUT2D eigenvalue weighted by Gasteiger charge is -2.18. The fourth-order valence-corrected chi connectivity index (χ4v) is 5.31. The zero-order valence-electron chi connectivity index (χ0n) is 28.8. The highest BCUT2D eigenvalue weighted by atomic mass is 31.2.